The summed E-state index contributed by atoms with van der Waals surface area (Å²) in [5.74, 6) is 1.28. The molecule has 9 heteroatoms. The van der Waals surface area contributed by atoms with Gasteiger partial charge in [0, 0.05) is 43.8 Å². The van der Waals surface area contributed by atoms with E-state index >= 15 is 0 Å². The van der Waals surface area contributed by atoms with Crippen LogP contribution in [0.5, 0.6) is 0 Å². The number of rotatable bonds is 11. The van der Waals surface area contributed by atoms with Crippen LogP contribution in [0.4, 0.5) is 0 Å². The smallest absolute Gasteiger partial charge is 0.223 e. The number of aliphatic hydroxyl groups excluding tert-OH is 1. The number of amides is 1. The quantitative estimate of drug-likeness (QED) is 0.223. The van der Waals surface area contributed by atoms with Crippen molar-refractivity contribution < 1.29 is 14.6 Å². The number of carbonyl (C=O) groups is 1. The molecule has 4 fully saturated rings. The second-order valence-corrected chi connectivity index (χ2v) is 12.2. The molecule has 0 bridgehead atoms. The van der Waals surface area contributed by atoms with Crippen LogP contribution in [0, 0.1) is 17.8 Å². The third-order valence-corrected chi connectivity index (χ3v) is 9.84. The predicted octanol–water partition coefficient (Wildman–Crippen LogP) is 1.24. The van der Waals surface area contributed by atoms with Crippen molar-refractivity contribution in [3.63, 3.8) is 0 Å². The SMILES string of the molecule is NC(CNC1CCCC(C(=O)NC2(C3CCCCC3)CCOCC2)C1)N(CCO)C(N)C1CCNCC1. The van der Waals surface area contributed by atoms with Crippen LogP contribution in [0.25, 0.3) is 0 Å². The van der Waals surface area contributed by atoms with E-state index in [1.54, 1.807) is 0 Å². The predicted molar refractivity (Wildman–Crippen MR) is 147 cm³/mol. The van der Waals surface area contributed by atoms with Gasteiger partial charge in [-0.25, -0.2) is 0 Å². The third-order valence-electron chi connectivity index (χ3n) is 9.84. The Bertz CT molecular complexity index is 679. The molecule has 0 aromatic heterocycles. The third kappa shape index (κ3) is 7.87. The van der Waals surface area contributed by atoms with Gasteiger partial charge in [0.2, 0.25) is 5.91 Å². The van der Waals surface area contributed by atoms with Gasteiger partial charge in [0.15, 0.2) is 0 Å². The highest BCUT2D eigenvalue weighted by molar-refractivity contribution is 5.79. The molecule has 4 atom stereocenters. The van der Waals surface area contributed by atoms with Gasteiger partial charge in [-0.2, -0.15) is 0 Å². The second-order valence-electron chi connectivity index (χ2n) is 12.2. The highest BCUT2D eigenvalue weighted by Crippen LogP contribution is 2.39. The second kappa shape index (κ2) is 14.5. The number of piperidine rings is 1. The minimum Gasteiger partial charge on any atom is -0.395 e. The first-order chi connectivity index (χ1) is 18.0. The number of nitrogens with zero attached hydrogens (tertiary/aromatic N) is 1. The molecule has 4 unspecified atom stereocenters. The highest BCUT2D eigenvalue weighted by atomic mass is 16.5. The minimum atomic E-state index is -0.261. The van der Waals surface area contributed by atoms with Gasteiger partial charge >= 0.3 is 0 Å². The molecule has 214 valence electrons. The van der Waals surface area contributed by atoms with E-state index in [0.29, 0.717) is 24.9 Å². The van der Waals surface area contributed by atoms with E-state index < -0.39 is 0 Å². The molecule has 8 N–H and O–H groups in total. The van der Waals surface area contributed by atoms with Gasteiger partial charge in [0.25, 0.3) is 0 Å². The van der Waals surface area contributed by atoms with Gasteiger partial charge in [-0.05, 0) is 82.7 Å². The highest BCUT2D eigenvalue weighted by Gasteiger charge is 2.43. The van der Waals surface area contributed by atoms with E-state index in [-0.39, 0.29) is 42.3 Å². The largest absolute Gasteiger partial charge is 0.395 e. The molecule has 0 spiro atoms. The molecule has 2 aliphatic heterocycles. The summed E-state index contributed by atoms with van der Waals surface area (Å²) in [7, 11) is 0. The standard InChI is InChI=1S/C28H54N6O3/c29-25(34(15-16-35)26(30)21-9-13-31-14-10-21)20-32-24-8-4-5-22(19-24)27(36)33-28(11-17-37-18-12-28)23-6-2-1-3-7-23/h21-26,31-32,35H,1-20,29-30H2,(H,33,36). The van der Waals surface area contributed by atoms with Gasteiger partial charge in [-0.15, -0.1) is 0 Å². The summed E-state index contributed by atoms with van der Waals surface area (Å²) in [4.78, 5) is 15.7. The van der Waals surface area contributed by atoms with Gasteiger partial charge < -0.3 is 37.3 Å². The molecule has 2 heterocycles. The molecular weight excluding hydrogens is 468 g/mol. The van der Waals surface area contributed by atoms with Crippen LogP contribution in [0.1, 0.15) is 83.5 Å². The molecule has 0 aromatic rings. The number of aliphatic hydroxyl groups is 1. The van der Waals surface area contributed by atoms with E-state index in [2.05, 4.69) is 20.9 Å². The molecule has 0 radical (unpaired) electrons. The lowest BCUT2D eigenvalue weighted by atomic mass is 9.70. The monoisotopic (exact) mass is 522 g/mol. The van der Waals surface area contributed by atoms with E-state index in [1.807, 2.05) is 0 Å². The Kier molecular flexibility index (Phi) is 11.5. The van der Waals surface area contributed by atoms with Crippen LogP contribution in [0.15, 0.2) is 0 Å². The lowest BCUT2D eigenvalue weighted by Gasteiger charge is -2.46. The topological polar surface area (TPSA) is 138 Å². The van der Waals surface area contributed by atoms with Gasteiger partial charge in [-0.3, -0.25) is 9.69 Å². The Morgan fingerprint density at radius 1 is 1.03 bits per heavy atom. The summed E-state index contributed by atoms with van der Waals surface area (Å²) in [5, 5.41) is 20.3. The molecule has 9 nitrogen and oxygen atoms in total. The summed E-state index contributed by atoms with van der Waals surface area (Å²) in [6, 6.07) is 0.280. The van der Waals surface area contributed by atoms with Crippen molar-refractivity contribution in [2.24, 2.45) is 29.2 Å². The van der Waals surface area contributed by atoms with Gasteiger partial charge in [0.1, 0.15) is 0 Å². The molecule has 2 aliphatic carbocycles. The summed E-state index contributed by atoms with van der Waals surface area (Å²) in [6.07, 6.45) is 13.9. The summed E-state index contributed by atoms with van der Waals surface area (Å²) < 4.78 is 5.70. The van der Waals surface area contributed by atoms with Crippen LogP contribution >= 0.6 is 0 Å². The molecular formula is C28H54N6O3. The average molecular weight is 523 g/mol. The van der Waals surface area contributed by atoms with Crippen molar-refractivity contribution in [3.05, 3.63) is 0 Å². The molecule has 0 aromatic carbocycles. The van der Waals surface area contributed by atoms with Gasteiger partial charge in [0.05, 0.1) is 18.9 Å². The zero-order valence-electron chi connectivity index (χ0n) is 23.0. The fourth-order valence-electron chi connectivity index (χ4n) is 7.50. The van der Waals surface area contributed by atoms with E-state index in [9.17, 15) is 9.90 Å². The Hall–Kier alpha value is -0.810. The van der Waals surface area contributed by atoms with Crippen LogP contribution < -0.4 is 27.4 Å². The zero-order chi connectivity index (χ0) is 26.1. The Labute approximate surface area is 224 Å². The first-order valence-corrected chi connectivity index (χ1v) is 15.2. The summed E-state index contributed by atoms with van der Waals surface area (Å²) >= 11 is 0. The van der Waals surface area contributed by atoms with E-state index in [0.717, 1.165) is 77.7 Å². The number of nitrogens with two attached hydrogens (primary N) is 2. The maximum absolute atomic E-state index is 13.6. The zero-order valence-corrected chi connectivity index (χ0v) is 23.0. The fraction of sp³-hybridized carbons (Fsp3) is 0.964. The van der Waals surface area contributed by atoms with Crippen LogP contribution in [-0.2, 0) is 9.53 Å². The maximum atomic E-state index is 13.6. The summed E-state index contributed by atoms with van der Waals surface area (Å²) in [6.45, 7) is 4.63. The van der Waals surface area contributed by atoms with Crippen molar-refractivity contribution in [1.82, 2.24) is 20.9 Å². The first-order valence-electron chi connectivity index (χ1n) is 15.2. The minimum absolute atomic E-state index is 0.0474. The number of nitrogens with one attached hydrogen (secondary N) is 3. The Balaban J connectivity index is 1.29. The Morgan fingerprint density at radius 2 is 1.76 bits per heavy atom. The lowest BCUT2D eigenvalue weighted by molar-refractivity contribution is -0.131. The first kappa shape index (κ1) is 29.2. The number of hydrogen-bond acceptors (Lipinski definition) is 8. The average Bonchev–Trinajstić information content (AvgIpc) is 2.96. The van der Waals surface area contributed by atoms with Crippen molar-refractivity contribution >= 4 is 5.91 Å². The number of ether oxygens (including phenoxy) is 1. The molecule has 2 saturated carbocycles. The van der Waals surface area contributed by atoms with E-state index in [1.165, 1.54) is 32.1 Å². The van der Waals surface area contributed by atoms with Crippen molar-refractivity contribution in [2.75, 3.05) is 46.0 Å². The molecule has 4 rings (SSSR count). The number of carbonyl (C=O) groups excluding carboxylic acids is 1. The van der Waals surface area contributed by atoms with Gasteiger partial charge in [-0.1, -0.05) is 25.7 Å². The van der Waals surface area contributed by atoms with Crippen LogP contribution in [-0.4, -0.2) is 85.8 Å². The summed E-state index contributed by atoms with van der Waals surface area (Å²) in [5.41, 5.74) is 13.2. The lowest BCUT2D eigenvalue weighted by Crippen LogP contribution is -2.61. The Morgan fingerprint density at radius 3 is 2.46 bits per heavy atom. The molecule has 1 amide bonds. The van der Waals surface area contributed by atoms with Crippen molar-refractivity contribution in [3.8, 4) is 0 Å². The molecule has 4 aliphatic rings. The van der Waals surface area contributed by atoms with Crippen molar-refractivity contribution in [2.45, 2.75) is 107 Å². The van der Waals surface area contributed by atoms with Crippen LogP contribution in [0.3, 0.4) is 0 Å². The fourth-order valence-corrected chi connectivity index (χ4v) is 7.50. The maximum Gasteiger partial charge on any atom is 0.223 e. The van der Waals surface area contributed by atoms with Crippen molar-refractivity contribution in [1.29, 1.82) is 0 Å². The molecule has 2 saturated heterocycles. The molecule has 37 heavy (non-hydrogen) atoms. The number of hydrogen-bond donors (Lipinski definition) is 6. The van der Waals surface area contributed by atoms with E-state index in [4.69, 9.17) is 16.2 Å². The van der Waals surface area contributed by atoms with Crippen LogP contribution in [0.2, 0.25) is 0 Å². The normalized spacial score (nSPS) is 29.6.